The minimum Gasteiger partial charge on any atom is -0.508 e. The molecule has 5 N–H and O–H groups in total. The van der Waals surface area contributed by atoms with Gasteiger partial charge >= 0.3 is 0 Å². The minimum absolute atomic E-state index is 0.0555. The molecule has 0 saturated carbocycles. The van der Waals surface area contributed by atoms with E-state index >= 15 is 0 Å². The molecule has 0 amide bonds. The van der Waals surface area contributed by atoms with E-state index in [0.29, 0.717) is 36.1 Å². The molecule has 7 nitrogen and oxygen atoms in total. The number of rotatable bonds is 7. The van der Waals surface area contributed by atoms with Crippen molar-refractivity contribution in [2.45, 2.75) is 33.2 Å². The van der Waals surface area contributed by atoms with Crippen LogP contribution in [-0.2, 0) is 19.4 Å². The average molecular weight is 476 g/mol. The normalized spacial score (nSPS) is 11.4. The lowest BCUT2D eigenvalue weighted by atomic mass is 9.92. The number of phenolic OH excluding ortho intramolecular Hbond substituents is 3. The number of aromatic hydroxyl groups is 4. The maximum absolute atomic E-state index is 12.9. The van der Waals surface area contributed by atoms with Crippen molar-refractivity contribution in [1.82, 2.24) is 5.32 Å². The van der Waals surface area contributed by atoms with Gasteiger partial charge in [-0.25, -0.2) is 0 Å². The number of fused-ring (bicyclic) bond motifs is 1. The van der Waals surface area contributed by atoms with Crippen LogP contribution in [0.2, 0.25) is 0 Å². The van der Waals surface area contributed by atoms with Crippen LogP contribution in [0.3, 0.4) is 0 Å². The highest BCUT2D eigenvalue weighted by atomic mass is 16.4. The van der Waals surface area contributed by atoms with Gasteiger partial charge in [-0.15, -0.1) is 0 Å². The van der Waals surface area contributed by atoms with Gasteiger partial charge in [0.1, 0.15) is 28.2 Å². The Hall–Kier alpha value is -3.97. The van der Waals surface area contributed by atoms with Gasteiger partial charge in [0, 0.05) is 30.7 Å². The van der Waals surface area contributed by atoms with Crippen molar-refractivity contribution in [1.29, 1.82) is 0 Å². The van der Waals surface area contributed by atoms with Crippen molar-refractivity contribution < 1.29 is 24.8 Å². The van der Waals surface area contributed by atoms with Crippen LogP contribution in [-0.4, -0.2) is 27.5 Å². The lowest BCUT2D eigenvalue weighted by Crippen LogP contribution is -2.05. The molecule has 0 radical (unpaired) electrons. The molecule has 0 fully saturated rings. The highest BCUT2D eigenvalue weighted by Crippen LogP contribution is 2.38. The summed E-state index contributed by atoms with van der Waals surface area (Å²) in [6, 6.07) is 13.6. The lowest BCUT2D eigenvalue weighted by Gasteiger charge is -2.16. The summed E-state index contributed by atoms with van der Waals surface area (Å²) in [4.78, 5) is 12.9. The second-order valence-corrected chi connectivity index (χ2v) is 9.22. The predicted molar refractivity (Wildman–Crippen MR) is 135 cm³/mol. The minimum atomic E-state index is -0.807. The number of hydrogen-bond acceptors (Lipinski definition) is 7. The topological polar surface area (TPSA) is 123 Å². The van der Waals surface area contributed by atoms with Gasteiger partial charge in [-0.1, -0.05) is 38.1 Å². The van der Waals surface area contributed by atoms with Crippen LogP contribution in [0, 0.1) is 5.92 Å². The summed E-state index contributed by atoms with van der Waals surface area (Å²) in [5.41, 5.74) is 2.96. The Balaban J connectivity index is 1.90. The fraction of sp³-hybridized carbons (Fsp3) is 0.250. The molecule has 0 atom stereocenters. The molecule has 4 rings (SSSR count). The van der Waals surface area contributed by atoms with E-state index < -0.39 is 16.9 Å². The van der Waals surface area contributed by atoms with Gasteiger partial charge in [0.2, 0.25) is 11.2 Å². The van der Waals surface area contributed by atoms with E-state index in [2.05, 4.69) is 11.4 Å². The molecular formula is C28H29NO6. The molecule has 0 saturated heterocycles. The summed E-state index contributed by atoms with van der Waals surface area (Å²) < 4.78 is 5.82. The van der Waals surface area contributed by atoms with Crippen LogP contribution in [0.1, 0.15) is 36.1 Å². The van der Waals surface area contributed by atoms with E-state index in [0.717, 1.165) is 17.2 Å². The highest BCUT2D eigenvalue weighted by molar-refractivity contribution is 5.88. The van der Waals surface area contributed by atoms with E-state index in [9.17, 15) is 25.2 Å². The first kappa shape index (κ1) is 24.2. The van der Waals surface area contributed by atoms with Gasteiger partial charge in [0.15, 0.2) is 5.76 Å². The molecule has 0 bridgehead atoms. The zero-order valence-corrected chi connectivity index (χ0v) is 19.9. The lowest BCUT2D eigenvalue weighted by molar-refractivity contribution is 0.438. The van der Waals surface area contributed by atoms with Gasteiger partial charge in [0.05, 0.1) is 0 Å². The molecule has 1 heterocycles. The first-order valence-electron chi connectivity index (χ1n) is 11.5. The van der Waals surface area contributed by atoms with Crippen LogP contribution >= 0.6 is 0 Å². The van der Waals surface area contributed by atoms with E-state index in [4.69, 9.17) is 4.42 Å². The monoisotopic (exact) mass is 475 g/mol. The Labute approximate surface area is 202 Å². The van der Waals surface area contributed by atoms with Crippen molar-refractivity contribution in [3.63, 3.8) is 0 Å². The van der Waals surface area contributed by atoms with E-state index in [1.807, 2.05) is 39.1 Å². The molecule has 3 aromatic carbocycles. The van der Waals surface area contributed by atoms with E-state index in [-0.39, 0.29) is 34.1 Å². The molecule has 1 aromatic heterocycles. The number of benzene rings is 3. The zero-order valence-electron chi connectivity index (χ0n) is 19.9. The fourth-order valence-corrected chi connectivity index (χ4v) is 4.37. The van der Waals surface area contributed by atoms with Crippen LogP contribution in [0.25, 0.3) is 22.3 Å². The third-order valence-corrected chi connectivity index (χ3v) is 5.86. The van der Waals surface area contributed by atoms with Crippen molar-refractivity contribution >= 4 is 11.0 Å². The van der Waals surface area contributed by atoms with Crippen molar-refractivity contribution in [2.75, 3.05) is 7.05 Å². The van der Waals surface area contributed by atoms with E-state index in [1.165, 1.54) is 6.07 Å². The Morgan fingerprint density at radius 1 is 0.914 bits per heavy atom. The largest absolute Gasteiger partial charge is 0.508 e. The molecule has 0 unspecified atom stereocenters. The smallest absolute Gasteiger partial charge is 0.238 e. The number of hydrogen-bond donors (Lipinski definition) is 5. The Morgan fingerprint density at radius 2 is 1.63 bits per heavy atom. The Morgan fingerprint density at radius 3 is 2.34 bits per heavy atom. The molecular weight excluding hydrogens is 446 g/mol. The average Bonchev–Trinajstić information content (AvgIpc) is 2.78. The maximum Gasteiger partial charge on any atom is 0.238 e. The third-order valence-electron chi connectivity index (χ3n) is 5.86. The number of phenols is 3. The summed E-state index contributed by atoms with van der Waals surface area (Å²) in [7, 11) is 1.88. The van der Waals surface area contributed by atoms with Gasteiger partial charge in [-0.05, 0) is 53.8 Å². The van der Waals surface area contributed by atoms with Gasteiger partial charge in [-0.2, -0.15) is 0 Å². The van der Waals surface area contributed by atoms with Gasteiger partial charge < -0.3 is 30.2 Å². The van der Waals surface area contributed by atoms with Crippen molar-refractivity contribution in [3.05, 3.63) is 81.0 Å². The second-order valence-electron chi connectivity index (χ2n) is 9.22. The summed E-state index contributed by atoms with van der Waals surface area (Å²) in [5.74, 6) is -1.09. The Bertz CT molecular complexity index is 1450. The third kappa shape index (κ3) is 4.95. The second kappa shape index (κ2) is 9.72. The molecule has 0 aliphatic heterocycles. The van der Waals surface area contributed by atoms with Crippen LogP contribution in [0.15, 0.2) is 57.7 Å². The molecule has 4 aromatic rings. The predicted octanol–water partition coefficient (Wildman–Crippen LogP) is 4.79. The molecule has 0 aliphatic rings. The standard InChI is InChI=1S/C28H29NO6/c1-15(2)7-18-10-20(11-19(25(18)32)9-16-5-4-6-17(8-16)14-29-3)28-27(34)26(33)24-22(31)12-21(30)13-23(24)35-28/h4-6,8,10-13,15,29-32,34H,7,9,14H2,1-3H3. The zero-order chi connectivity index (χ0) is 25.3. The summed E-state index contributed by atoms with van der Waals surface area (Å²) in [5, 5.41) is 44.7. The quantitative estimate of drug-likeness (QED) is 0.260. The molecule has 0 spiro atoms. The SMILES string of the molecule is CNCc1cccc(Cc2cc(-c3oc4cc(O)cc(O)c4c(=O)c3O)cc(CC(C)C)c2O)c1. The first-order valence-corrected chi connectivity index (χ1v) is 11.5. The first-order chi connectivity index (χ1) is 16.7. The van der Waals surface area contributed by atoms with Gasteiger partial charge in [-0.3, -0.25) is 4.79 Å². The molecule has 35 heavy (non-hydrogen) atoms. The summed E-state index contributed by atoms with van der Waals surface area (Å²) in [6.45, 7) is 4.78. The Kier molecular flexibility index (Phi) is 6.71. The summed E-state index contributed by atoms with van der Waals surface area (Å²) in [6.07, 6.45) is 1.01. The van der Waals surface area contributed by atoms with Crippen LogP contribution in [0.4, 0.5) is 0 Å². The van der Waals surface area contributed by atoms with Crippen LogP contribution in [0.5, 0.6) is 23.0 Å². The van der Waals surface area contributed by atoms with Crippen molar-refractivity contribution in [3.8, 4) is 34.3 Å². The molecule has 7 heteroatoms. The van der Waals surface area contributed by atoms with E-state index in [1.54, 1.807) is 12.1 Å². The number of nitrogens with one attached hydrogen (secondary N) is 1. The highest BCUT2D eigenvalue weighted by Gasteiger charge is 2.21. The fourth-order valence-electron chi connectivity index (χ4n) is 4.37. The molecule has 0 aliphatic carbocycles. The molecule has 182 valence electrons. The summed E-state index contributed by atoms with van der Waals surface area (Å²) >= 11 is 0. The van der Waals surface area contributed by atoms with Gasteiger partial charge in [0.25, 0.3) is 0 Å². The van der Waals surface area contributed by atoms with Crippen molar-refractivity contribution in [2.24, 2.45) is 5.92 Å². The van der Waals surface area contributed by atoms with Crippen LogP contribution < -0.4 is 10.7 Å². The maximum atomic E-state index is 12.9.